The van der Waals surface area contributed by atoms with Gasteiger partial charge < -0.3 is 9.47 Å². The second kappa shape index (κ2) is 5.25. The molecule has 0 spiro atoms. The lowest BCUT2D eigenvalue weighted by atomic mass is 10.1. The Labute approximate surface area is 121 Å². The number of rotatable bonds is 2. The third-order valence-corrected chi connectivity index (χ3v) is 3.19. The number of hydrogen-bond donors (Lipinski definition) is 0. The molecule has 1 heterocycles. The Morgan fingerprint density at radius 2 is 1.90 bits per heavy atom. The quantitative estimate of drug-likeness (QED) is 0.626. The monoisotopic (exact) mass is 280 g/mol. The largest absolute Gasteiger partial charge is 0.465 e. The molecule has 2 aromatic carbocycles. The molecule has 0 saturated carbocycles. The fourth-order valence-electron chi connectivity index (χ4n) is 2.13. The van der Waals surface area contributed by atoms with Crippen LogP contribution in [0.15, 0.2) is 54.3 Å². The van der Waals surface area contributed by atoms with Crippen molar-refractivity contribution in [1.29, 1.82) is 0 Å². The van der Waals surface area contributed by atoms with Crippen LogP contribution in [0.1, 0.15) is 26.3 Å². The maximum Gasteiger partial charge on any atom is 0.337 e. The molecule has 0 saturated heterocycles. The molecule has 4 nitrogen and oxygen atoms in total. The summed E-state index contributed by atoms with van der Waals surface area (Å²) >= 11 is 0. The zero-order chi connectivity index (χ0) is 14.8. The van der Waals surface area contributed by atoms with Gasteiger partial charge in [0, 0.05) is 0 Å². The molecule has 0 amide bonds. The molecule has 4 heteroatoms. The molecule has 1 aliphatic heterocycles. The Morgan fingerprint density at radius 3 is 2.62 bits per heavy atom. The number of hydrogen-bond acceptors (Lipinski definition) is 4. The molecule has 1 aliphatic rings. The summed E-state index contributed by atoms with van der Waals surface area (Å²) in [6, 6.07) is 14.1. The van der Waals surface area contributed by atoms with Crippen molar-refractivity contribution in [2.45, 2.75) is 0 Å². The number of esters is 1. The zero-order valence-electron chi connectivity index (χ0n) is 11.3. The molecule has 0 atom stereocenters. The van der Waals surface area contributed by atoms with Gasteiger partial charge in [0.1, 0.15) is 5.75 Å². The molecule has 2 aromatic rings. The number of methoxy groups -OCH3 is 1. The minimum absolute atomic E-state index is 0.236. The predicted octanol–water partition coefficient (Wildman–Crippen LogP) is 3.09. The van der Waals surface area contributed by atoms with Crippen molar-refractivity contribution >= 4 is 17.8 Å². The van der Waals surface area contributed by atoms with Crippen LogP contribution in [0.2, 0.25) is 0 Å². The first-order valence-corrected chi connectivity index (χ1v) is 6.40. The first-order valence-electron chi connectivity index (χ1n) is 6.40. The summed E-state index contributed by atoms with van der Waals surface area (Å²) in [5, 5.41) is 0. The SMILES string of the molecule is COC(=O)c1ccc2c(c1)C(=O)C(=Cc1ccccc1)O2. The van der Waals surface area contributed by atoms with Crippen molar-refractivity contribution in [3.8, 4) is 5.75 Å². The lowest BCUT2D eigenvalue weighted by Gasteiger charge is -2.00. The zero-order valence-corrected chi connectivity index (χ0v) is 11.3. The number of benzene rings is 2. The highest BCUT2D eigenvalue weighted by atomic mass is 16.5. The smallest absolute Gasteiger partial charge is 0.337 e. The van der Waals surface area contributed by atoms with E-state index in [1.165, 1.54) is 13.2 Å². The van der Waals surface area contributed by atoms with E-state index in [-0.39, 0.29) is 11.5 Å². The summed E-state index contributed by atoms with van der Waals surface area (Å²) in [7, 11) is 1.30. The summed E-state index contributed by atoms with van der Waals surface area (Å²) in [6.07, 6.45) is 1.68. The highest BCUT2D eigenvalue weighted by Gasteiger charge is 2.28. The Bertz CT molecular complexity index is 745. The van der Waals surface area contributed by atoms with Crippen LogP contribution in [-0.2, 0) is 4.74 Å². The molecule has 0 radical (unpaired) electrons. The maximum absolute atomic E-state index is 12.3. The fourth-order valence-corrected chi connectivity index (χ4v) is 2.13. The van der Waals surface area contributed by atoms with E-state index in [2.05, 4.69) is 4.74 Å². The van der Waals surface area contributed by atoms with Crippen LogP contribution in [0, 0.1) is 0 Å². The minimum Gasteiger partial charge on any atom is -0.465 e. The number of fused-ring (bicyclic) bond motifs is 1. The maximum atomic E-state index is 12.3. The summed E-state index contributed by atoms with van der Waals surface area (Å²) in [5.74, 6) is -0.0151. The number of ketones is 1. The first-order chi connectivity index (χ1) is 10.2. The van der Waals surface area contributed by atoms with Crippen LogP contribution in [0.3, 0.4) is 0 Å². The molecule has 21 heavy (non-hydrogen) atoms. The van der Waals surface area contributed by atoms with Gasteiger partial charge in [-0.3, -0.25) is 4.79 Å². The van der Waals surface area contributed by atoms with E-state index in [0.717, 1.165) is 5.56 Å². The van der Waals surface area contributed by atoms with Gasteiger partial charge in [0.05, 0.1) is 18.2 Å². The van der Waals surface area contributed by atoms with E-state index in [1.54, 1.807) is 18.2 Å². The first kappa shape index (κ1) is 13.1. The van der Waals surface area contributed by atoms with E-state index in [9.17, 15) is 9.59 Å². The van der Waals surface area contributed by atoms with Crippen molar-refractivity contribution < 1.29 is 19.1 Å². The van der Waals surface area contributed by atoms with Gasteiger partial charge in [-0.15, -0.1) is 0 Å². The Hall–Kier alpha value is -2.88. The van der Waals surface area contributed by atoms with Crippen molar-refractivity contribution in [3.63, 3.8) is 0 Å². The van der Waals surface area contributed by atoms with Crippen LogP contribution in [-0.4, -0.2) is 18.9 Å². The van der Waals surface area contributed by atoms with Crippen LogP contribution in [0.25, 0.3) is 6.08 Å². The second-order valence-electron chi connectivity index (χ2n) is 4.55. The molecule has 0 aliphatic carbocycles. The van der Waals surface area contributed by atoms with Crippen LogP contribution in [0.5, 0.6) is 5.75 Å². The molecule has 0 N–H and O–H groups in total. The second-order valence-corrected chi connectivity index (χ2v) is 4.55. The van der Waals surface area contributed by atoms with E-state index >= 15 is 0 Å². The number of ether oxygens (including phenoxy) is 2. The van der Waals surface area contributed by atoms with Gasteiger partial charge >= 0.3 is 5.97 Å². The van der Waals surface area contributed by atoms with Crippen LogP contribution < -0.4 is 4.74 Å². The Kier molecular flexibility index (Phi) is 3.28. The fraction of sp³-hybridized carbons (Fsp3) is 0.0588. The van der Waals surface area contributed by atoms with Gasteiger partial charge in [-0.1, -0.05) is 30.3 Å². The standard InChI is InChI=1S/C17H12O4/c1-20-17(19)12-7-8-14-13(10-12)16(18)15(21-14)9-11-5-3-2-4-6-11/h2-10H,1H3. The van der Waals surface area contributed by atoms with Crippen LogP contribution >= 0.6 is 0 Å². The van der Waals surface area contributed by atoms with Gasteiger partial charge in [-0.05, 0) is 29.8 Å². The highest BCUT2D eigenvalue weighted by Crippen LogP contribution is 2.32. The summed E-state index contributed by atoms with van der Waals surface area (Å²) in [6.45, 7) is 0. The normalized spacial score (nSPS) is 14.7. The summed E-state index contributed by atoms with van der Waals surface area (Å²) in [4.78, 5) is 23.8. The third kappa shape index (κ3) is 2.43. The summed E-state index contributed by atoms with van der Waals surface area (Å²) < 4.78 is 10.2. The van der Waals surface area contributed by atoms with Crippen molar-refractivity contribution in [2.24, 2.45) is 0 Å². The Balaban J connectivity index is 1.96. The number of carbonyl (C=O) groups is 2. The molecule has 0 aromatic heterocycles. The lowest BCUT2D eigenvalue weighted by Crippen LogP contribution is -2.02. The number of allylic oxidation sites excluding steroid dienone is 1. The van der Waals surface area contributed by atoms with E-state index in [4.69, 9.17) is 4.74 Å². The molecular weight excluding hydrogens is 268 g/mol. The lowest BCUT2D eigenvalue weighted by molar-refractivity contribution is 0.0600. The van der Waals surface area contributed by atoms with Crippen molar-refractivity contribution in [3.05, 3.63) is 71.0 Å². The summed E-state index contributed by atoms with van der Waals surface area (Å²) in [5.41, 5.74) is 1.58. The predicted molar refractivity (Wildman–Crippen MR) is 77.2 cm³/mol. The number of carbonyl (C=O) groups excluding carboxylic acids is 2. The molecular formula is C17H12O4. The highest BCUT2D eigenvalue weighted by molar-refractivity contribution is 6.15. The Morgan fingerprint density at radius 1 is 1.14 bits per heavy atom. The molecule has 0 bridgehead atoms. The van der Waals surface area contributed by atoms with Gasteiger partial charge in [-0.2, -0.15) is 0 Å². The van der Waals surface area contributed by atoms with E-state index < -0.39 is 5.97 Å². The van der Waals surface area contributed by atoms with Gasteiger partial charge in [0.15, 0.2) is 5.76 Å². The van der Waals surface area contributed by atoms with E-state index in [0.29, 0.717) is 16.9 Å². The van der Waals surface area contributed by atoms with Gasteiger partial charge in [-0.25, -0.2) is 4.79 Å². The minimum atomic E-state index is -0.480. The molecule has 0 unspecified atom stereocenters. The van der Waals surface area contributed by atoms with Crippen molar-refractivity contribution in [1.82, 2.24) is 0 Å². The topological polar surface area (TPSA) is 52.6 Å². The average Bonchev–Trinajstić information content (AvgIpc) is 2.83. The molecule has 3 rings (SSSR count). The van der Waals surface area contributed by atoms with Gasteiger partial charge in [0.25, 0.3) is 0 Å². The van der Waals surface area contributed by atoms with E-state index in [1.807, 2.05) is 30.3 Å². The average molecular weight is 280 g/mol. The van der Waals surface area contributed by atoms with Gasteiger partial charge in [0.2, 0.25) is 5.78 Å². The third-order valence-electron chi connectivity index (χ3n) is 3.19. The van der Waals surface area contributed by atoms with Crippen molar-refractivity contribution in [2.75, 3.05) is 7.11 Å². The molecule has 104 valence electrons. The number of Topliss-reactive ketones (excluding diaryl/α,β-unsaturated/α-hetero) is 1. The molecule has 0 fully saturated rings. The van der Waals surface area contributed by atoms with Crippen LogP contribution in [0.4, 0.5) is 0 Å².